The molecule has 0 atom stereocenters. The lowest BCUT2D eigenvalue weighted by atomic mass is 10.2. The van der Waals surface area contributed by atoms with Gasteiger partial charge in [0, 0.05) is 0 Å². The largest absolute Gasteiger partial charge is 0.543 e. The summed E-state index contributed by atoms with van der Waals surface area (Å²) in [6, 6.07) is 8.40. The summed E-state index contributed by atoms with van der Waals surface area (Å²) in [7, 11) is -1.80. The van der Waals surface area contributed by atoms with E-state index in [1.165, 1.54) is 5.56 Å². The molecule has 1 aromatic carbocycles. The molecule has 0 aliphatic heterocycles. The van der Waals surface area contributed by atoms with E-state index in [1.54, 1.807) is 0 Å². The fourth-order valence-electron chi connectivity index (χ4n) is 3.21. The molecule has 102 valence electrons. The molecule has 1 aromatic rings. The third-order valence-corrected chi connectivity index (χ3v) is 10.1. The lowest BCUT2D eigenvalue weighted by Gasteiger charge is -2.42. The Kier molecular flexibility index (Phi) is 5.03. The predicted molar refractivity (Wildman–Crippen MR) is 82.9 cm³/mol. The zero-order valence-electron chi connectivity index (χ0n) is 12.9. The molecule has 0 aromatic heterocycles. The van der Waals surface area contributed by atoms with Gasteiger partial charge in [-0.2, -0.15) is 0 Å². The van der Waals surface area contributed by atoms with Crippen LogP contribution in [0.4, 0.5) is 0 Å². The molecule has 0 spiro atoms. The molecule has 0 saturated heterocycles. The van der Waals surface area contributed by atoms with Gasteiger partial charge in [0.1, 0.15) is 5.75 Å². The summed E-state index contributed by atoms with van der Waals surface area (Å²) in [5, 5.41) is 0. The number of hydrogen-bond donors (Lipinski definition) is 0. The molecule has 18 heavy (non-hydrogen) atoms. The normalized spacial score (nSPS) is 12.6. The van der Waals surface area contributed by atoms with Crippen molar-refractivity contribution in [3.05, 3.63) is 29.8 Å². The minimum atomic E-state index is -1.80. The first-order valence-electron chi connectivity index (χ1n) is 7.07. The van der Waals surface area contributed by atoms with Crippen LogP contribution in [0.5, 0.6) is 5.75 Å². The van der Waals surface area contributed by atoms with Gasteiger partial charge in [-0.15, -0.1) is 0 Å². The van der Waals surface area contributed by atoms with Crippen molar-refractivity contribution in [2.24, 2.45) is 0 Å². The van der Waals surface area contributed by atoms with Gasteiger partial charge in [-0.25, -0.2) is 0 Å². The van der Waals surface area contributed by atoms with Crippen LogP contribution in [-0.4, -0.2) is 8.32 Å². The first kappa shape index (κ1) is 15.3. The van der Waals surface area contributed by atoms with Crippen molar-refractivity contribution in [3.63, 3.8) is 0 Å². The quantitative estimate of drug-likeness (QED) is 0.634. The van der Waals surface area contributed by atoms with Gasteiger partial charge in [-0.05, 0) is 35.2 Å². The minimum absolute atomic E-state index is 0.622. The average Bonchev–Trinajstić information content (AvgIpc) is 2.26. The standard InChI is InChI=1S/C16H28OSi/c1-12(2)18(13(3)4,14(5)6)17-16-11-9-8-10-15(16)7/h8-14H,1-7H3. The Hall–Kier alpha value is -0.763. The van der Waals surface area contributed by atoms with Gasteiger partial charge in [-0.3, -0.25) is 0 Å². The summed E-state index contributed by atoms with van der Waals surface area (Å²) in [4.78, 5) is 0. The van der Waals surface area contributed by atoms with E-state index in [1.807, 2.05) is 0 Å². The second kappa shape index (κ2) is 5.92. The maximum atomic E-state index is 6.66. The van der Waals surface area contributed by atoms with Crippen LogP contribution < -0.4 is 4.43 Å². The van der Waals surface area contributed by atoms with Crippen molar-refractivity contribution in [1.29, 1.82) is 0 Å². The SMILES string of the molecule is Cc1ccccc1O[Si](C(C)C)(C(C)C)C(C)C. The molecule has 0 aliphatic carbocycles. The Morgan fingerprint density at radius 1 is 0.833 bits per heavy atom. The number of hydrogen-bond acceptors (Lipinski definition) is 1. The van der Waals surface area contributed by atoms with E-state index in [0.717, 1.165) is 5.75 Å². The van der Waals surface area contributed by atoms with E-state index < -0.39 is 8.32 Å². The van der Waals surface area contributed by atoms with Crippen molar-refractivity contribution < 1.29 is 4.43 Å². The molecular weight excluding hydrogens is 236 g/mol. The second-order valence-corrected chi connectivity index (χ2v) is 11.6. The summed E-state index contributed by atoms with van der Waals surface area (Å²) in [6.45, 7) is 16.1. The fraction of sp³-hybridized carbons (Fsp3) is 0.625. The van der Waals surface area contributed by atoms with E-state index in [9.17, 15) is 0 Å². The monoisotopic (exact) mass is 264 g/mol. The zero-order valence-corrected chi connectivity index (χ0v) is 13.9. The number of para-hydroxylation sites is 1. The maximum absolute atomic E-state index is 6.66. The molecule has 0 aliphatic rings. The van der Waals surface area contributed by atoms with Crippen LogP contribution in [0, 0.1) is 6.92 Å². The van der Waals surface area contributed by atoms with Crippen molar-refractivity contribution in [2.45, 2.75) is 65.1 Å². The van der Waals surface area contributed by atoms with Crippen LogP contribution >= 0.6 is 0 Å². The topological polar surface area (TPSA) is 9.23 Å². The summed E-state index contributed by atoms with van der Waals surface area (Å²) in [5.74, 6) is 1.08. The molecule has 0 unspecified atom stereocenters. The van der Waals surface area contributed by atoms with Crippen LogP contribution in [0.2, 0.25) is 16.6 Å². The van der Waals surface area contributed by atoms with Gasteiger partial charge in [0.25, 0.3) is 8.32 Å². The first-order chi connectivity index (χ1) is 8.32. The van der Waals surface area contributed by atoms with E-state index in [2.05, 4.69) is 72.7 Å². The average molecular weight is 264 g/mol. The van der Waals surface area contributed by atoms with Crippen molar-refractivity contribution >= 4 is 8.32 Å². The van der Waals surface area contributed by atoms with Crippen molar-refractivity contribution in [2.75, 3.05) is 0 Å². The minimum Gasteiger partial charge on any atom is -0.543 e. The molecule has 0 saturated carbocycles. The zero-order chi connectivity index (χ0) is 13.9. The summed E-state index contributed by atoms with van der Waals surface area (Å²) >= 11 is 0. The van der Waals surface area contributed by atoms with Crippen LogP contribution in [0.15, 0.2) is 24.3 Å². The Labute approximate surface area is 114 Å². The third kappa shape index (κ3) is 2.80. The molecule has 0 amide bonds. The number of rotatable bonds is 5. The third-order valence-electron chi connectivity index (χ3n) is 4.09. The Morgan fingerprint density at radius 3 is 1.67 bits per heavy atom. The highest BCUT2D eigenvalue weighted by Gasteiger charge is 2.47. The van der Waals surface area contributed by atoms with Gasteiger partial charge >= 0.3 is 0 Å². The van der Waals surface area contributed by atoms with E-state index in [-0.39, 0.29) is 0 Å². The molecule has 0 fully saturated rings. The van der Waals surface area contributed by atoms with Gasteiger partial charge in [0.15, 0.2) is 0 Å². The van der Waals surface area contributed by atoms with Crippen molar-refractivity contribution in [1.82, 2.24) is 0 Å². The molecular formula is C16H28OSi. The second-order valence-electron chi connectivity index (χ2n) is 6.19. The predicted octanol–water partition coefficient (Wildman–Crippen LogP) is 5.55. The highest BCUT2D eigenvalue weighted by Crippen LogP contribution is 2.43. The first-order valence-corrected chi connectivity index (χ1v) is 9.21. The molecule has 1 rings (SSSR count). The highest BCUT2D eigenvalue weighted by molar-refractivity contribution is 6.78. The van der Waals surface area contributed by atoms with Gasteiger partial charge in [-0.1, -0.05) is 59.7 Å². The molecule has 0 bridgehead atoms. The molecule has 0 heterocycles. The number of aryl methyl sites for hydroxylation is 1. The van der Waals surface area contributed by atoms with Crippen LogP contribution in [0.1, 0.15) is 47.1 Å². The summed E-state index contributed by atoms with van der Waals surface area (Å²) in [5.41, 5.74) is 3.11. The Balaban J connectivity index is 3.17. The van der Waals surface area contributed by atoms with Crippen LogP contribution in [-0.2, 0) is 0 Å². The van der Waals surface area contributed by atoms with E-state index in [4.69, 9.17) is 4.43 Å². The van der Waals surface area contributed by atoms with Crippen LogP contribution in [0.3, 0.4) is 0 Å². The Bertz CT molecular complexity index is 361. The smallest absolute Gasteiger partial charge is 0.258 e. The van der Waals surface area contributed by atoms with Gasteiger partial charge in [0.2, 0.25) is 0 Å². The fourth-order valence-corrected chi connectivity index (χ4v) is 8.53. The molecule has 1 nitrogen and oxygen atoms in total. The van der Waals surface area contributed by atoms with E-state index in [0.29, 0.717) is 16.6 Å². The lowest BCUT2D eigenvalue weighted by Crippen LogP contribution is -2.50. The van der Waals surface area contributed by atoms with Crippen molar-refractivity contribution in [3.8, 4) is 5.75 Å². The lowest BCUT2D eigenvalue weighted by molar-refractivity contribution is 0.477. The van der Waals surface area contributed by atoms with Gasteiger partial charge < -0.3 is 4.43 Å². The van der Waals surface area contributed by atoms with E-state index >= 15 is 0 Å². The molecule has 2 heteroatoms. The molecule has 0 N–H and O–H groups in total. The summed E-state index contributed by atoms with van der Waals surface area (Å²) < 4.78 is 6.66. The highest BCUT2D eigenvalue weighted by atomic mass is 28.4. The summed E-state index contributed by atoms with van der Waals surface area (Å²) in [6.07, 6.45) is 0. The van der Waals surface area contributed by atoms with Gasteiger partial charge in [0.05, 0.1) is 0 Å². The number of benzene rings is 1. The Morgan fingerprint density at radius 2 is 1.28 bits per heavy atom. The maximum Gasteiger partial charge on any atom is 0.258 e. The van der Waals surface area contributed by atoms with Crippen LogP contribution in [0.25, 0.3) is 0 Å². The molecule has 0 radical (unpaired) electrons.